The third-order valence-corrected chi connectivity index (χ3v) is 1.81. The van der Waals surface area contributed by atoms with Gasteiger partial charge in [0.15, 0.2) is 0 Å². The van der Waals surface area contributed by atoms with Crippen LogP contribution in [0.25, 0.3) is 5.52 Å². The van der Waals surface area contributed by atoms with Crippen molar-refractivity contribution < 1.29 is 0 Å². The Labute approximate surface area is 74.3 Å². The van der Waals surface area contributed by atoms with Gasteiger partial charge >= 0.3 is 0 Å². The number of pyridine rings is 1. The van der Waals surface area contributed by atoms with Gasteiger partial charge in [0.1, 0.15) is 24.2 Å². The van der Waals surface area contributed by atoms with Gasteiger partial charge in [0, 0.05) is 0 Å². The quantitative estimate of drug-likeness (QED) is 0.591. The fraction of sp³-hybridized carbons (Fsp3) is 0. The van der Waals surface area contributed by atoms with Gasteiger partial charge in [-0.15, -0.1) is 0 Å². The molecule has 0 bridgehead atoms. The molecule has 60 valence electrons. The fourth-order valence-electron chi connectivity index (χ4n) is 1.20. The van der Waals surface area contributed by atoms with E-state index >= 15 is 0 Å². The van der Waals surface area contributed by atoms with Crippen molar-refractivity contribution in [3.05, 3.63) is 35.9 Å². The maximum absolute atomic E-state index is 8.82. The zero-order valence-electron chi connectivity index (χ0n) is 6.60. The molecule has 0 aliphatic rings. The summed E-state index contributed by atoms with van der Waals surface area (Å²) in [6, 6.07) is 7.31. The first-order chi connectivity index (χ1) is 6.36. The Kier molecular flexibility index (Phi) is 1.47. The second-order valence-electron chi connectivity index (χ2n) is 2.51. The summed E-state index contributed by atoms with van der Waals surface area (Å²) in [7, 11) is 0. The van der Waals surface area contributed by atoms with E-state index in [1.54, 1.807) is 22.7 Å². The molecule has 0 N–H and O–H groups in total. The highest BCUT2D eigenvalue weighted by Crippen LogP contribution is 2.10. The predicted octanol–water partition coefficient (Wildman–Crippen LogP) is 1.08. The van der Waals surface area contributed by atoms with Crippen LogP contribution in [-0.4, -0.2) is 9.38 Å². The number of nitrogens with zero attached hydrogens (tertiary/aromatic N) is 4. The van der Waals surface area contributed by atoms with Crippen molar-refractivity contribution in [3.63, 3.8) is 0 Å². The lowest BCUT2D eigenvalue weighted by Gasteiger charge is -1.97. The molecule has 0 aliphatic carbocycles. The smallest absolute Gasteiger partial charge is 0.143 e. The van der Waals surface area contributed by atoms with Crippen molar-refractivity contribution >= 4 is 5.52 Å². The Balaban J connectivity index is 2.94. The second kappa shape index (κ2) is 2.62. The zero-order valence-corrected chi connectivity index (χ0v) is 6.60. The summed E-state index contributed by atoms with van der Waals surface area (Å²) in [6.07, 6.45) is 3.16. The standard InChI is InChI=1S/C9H4N4/c10-3-7-1-2-8-5-12-6-13(8)9(7)4-11/h1-2,5-6H. The number of fused-ring (bicyclic) bond motifs is 1. The molecule has 0 amide bonds. The van der Waals surface area contributed by atoms with E-state index in [-0.39, 0.29) is 0 Å². The third-order valence-electron chi connectivity index (χ3n) is 1.81. The van der Waals surface area contributed by atoms with Crippen LogP contribution >= 0.6 is 0 Å². The molecular weight excluding hydrogens is 164 g/mol. The van der Waals surface area contributed by atoms with Gasteiger partial charge < -0.3 is 0 Å². The maximum atomic E-state index is 8.82. The van der Waals surface area contributed by atoms with Gasteiger partial charge in [0.25, 0.3) is 0 Å². The molecule has 2 heterocycles. The van der Waals surface area contributed by atoms with Crippen LogP contribution in [0.2, 0.25) is 0 Å². The number of imidazole rings is 1. The first-order valence-electron chi connectivity index (χ1n) is 3.62. The molecule has 0 saturated carbocycles. The van der Waals surface area contributed by atoms with E-state index in [0.29, 0.717) is 11.3 Å². The van der Waals surface area contributed by atoms with Crippen LogP contribution in [0.3, 0.4) is 0 Å². The Morgan fingerprint density at radius 3 is 2.77 bits per heavy atom. The summed E-state index contributed by atoms with van der Waals surface area (Å²) in [5.41, 5.74) is 1.51. The normalized spacial score (nSPS) is 9.38. The zero-order chi connectivity index (χ0) is 9.26. The lowest BCUT2D eigenvalue weighted by Crippen LogP contribution is -1.94. The molecule has 0 unspecified atom stereocenters. The lowest BCUT2D eigenvalue weighted by molar-refractivity contribution is 1.11. The van der Waals surface area contributed by atoms with Crippen LogP contribution in [0.5, 0.6) is 0 Å². The van der Waals surface area contributed by atoms with Crippen molar-refractivity contribution in [1.29, 1.82) is 10.5 Å². The van der Waals surface area contributed by atoms with Crippen molar-refractivity contribution in [2.24, 2.45) is 0 Å². The Hall–Kier alpha value is -2.33. The SMILES string of the molecule is N#Cc1ccc2cncn2c1C#N. The van der Waals surface area contributed by atoms with E-state index < -0.39 is 0 Å². The Morgan fingerprint density at radius 1 is 1.23 bits per heavy atom. The van der Waals surface area contributed by atoms with E-state index in [9.17, 15) is 0 Å². The van der Waals surface area contributed by atoms with Crippen molar-refractivity contribution in [2.45, 2.75) is 0 Å². The summed E-state index contributed by atoms with van der Waals surface area (Å²) < 4.78 is 1.60. The lowest BCUT2D eigenvalue weighted by atomic mass is 10.2. The van der Waals surface area contributed by atoms with Crippen LogP contribution in [-0.2, 0) is 0 Å². The molecule has 0 spiro atoms. The summed E-state index contributed by atoms with van der Waals surface area (Å²) in [5, 5.41) is 17.5. The van der Waals surface area contributed by atoms with Gasteiger partial charge in [-0.1, -0.05) is 0 Å². The average molecular weight is 168 g/mol. The number of hydrogen-bond acceptors (Lipinski definition) is 3. The highest BCUT2D eigenvalue weighted by atomic mass is 15.0. The number of nitriles is 2. The largest absolute Gasteiger partial charge is 0.289 e. The summed E-state index contributed by atoms with van der Waals surface area (Å²) in [6.45, 7) is 0. The molecule has 0 fully saturated rings. The summed E-state index contributed by atoms with van der Waals surface area (Å²) in [4.78, 5) is 3.89. The minimum Gasteiger partial charge on any atom is -0.289 e. The van der Waals surface area contributed by atoms with Gasteiger partial charge in [-0.25, -0.2) is 4.98 Å². The van der Waals surface area contributed by atoms with Crippen molar-refractivity contribution in [1.82, 2.24) is 9.38 Å². The van der Waals surface area contributed by atoms with E-state index in [1.807, 2.05) is 12.1 Å². The Morgan fingerprint density at radius 2 is 2.08 bits per heavy atom. The molecule has 0 aromatic carbocycles. The first kappa shape index (κ1) is 7.33. The highest BCUT2D eigenvalue weighted by molar-refractivity contribution is 5.54. The van der Waals surface area contributed by atoms with Gasteiger partial charge in [-0.2, -0.15) is 10.5 Å². The highest BCUT2D eigenvalue weighted by Gasteiger charge is 2.05. The van der Waals surface area contributed by atoms with Crippen molar-refractivity contribution in [3.8, 4) is 12.1 Å². The topological polar surface area (TPSA) is 64.9 Å². The van der Waals surface area contributed by atoms with Gasteiger partial charge in [0.05, 0.1) is 17.3 Å². The maximum Gasteiger partial charge on any atom is 0.143 e. The molecule has 0 radical (unpaired) electrons. The fourth-order valence-corrected chi connectivity index (χ4v) is 1.20. The minimum atomic E-state index is 0.331. The molecule has 4 nitrogen and oxygen atoms in total. The van der Waals surface area contributed by atoms with E-state index in [1.165, 1.54) is 6.33 Å². The molecule has 2 aromatic rings. The third kappa shape index (κ3) is 0.935. The molecule has 2 aromatic heterocycles. The molecule has 2 rings (SSSR count). The number of hydrogen-bond donors (Lipinski definition) is 0. The summed E-state index contributed by atoms with van der Waals surface area (Å²) in [5.74, 6) is 0. The molecule has 0 saturated heterocycles. The molecule has 13 heavy (non-hydrogen) atoms. The predicted molar refractivity (Wildman–Crippen MR) is 44.6 cm³/mol. The van der Waals surface area contributed by atoms with E-state index in [0.717, 1.165) is 5.52 Å². The Bertz CT molecular complexity index is 539. The monoisotopic (exact) mass is 168 g/mol. The van der Waals surface area contributed by atoms with E-state index in [2.05, 4.69) is 4.98 Å². The summed E-state index contributed by atoms with van der Waals surface area (Å²) >= 11 is 0. The van der Waals surface area contributed by atoms with Crippen LogP contribution < -0.4 is 0 Å². The number of rotatable bonds is 0. The minimum absolute atomic E-state index is 0.331. The van der Waals surface area contributed by atoms with E-state index in [4.69, 9.17) is 10.5 Å². The first-order valence-corrected chi connectivity index (χ1v) is 3.62. The van der Waals surface area contributed by atoms with Crippen LogP contribution in [0.15, 0.2) is 24.7 Å². The number of aromatic nitrogens is 2. The van der Waals surface area contributed by atoms with Gasteiger partial charge in [0.2, 0.25) is 0 Å². The molecule has 4 heteroatoms. The van der Waals surface area contributed by atoms with Gasteiger partial charge in [-0.05, 0) is 12.1 Å². The van der Waals surface area contributed by atoms with Crippen LogP contribution in [0.4, 0.5) is 0 Å². The molecular formula is C9H4N4. The molecule has 0 atom stereocenters. The second-order valence-corrected chi connectivity index (χ2v) is 2.51. The van der Waals surface area contributed by atoms with Crippen molar-refractivity contribution in [2.75, 3.05) is 0 Å². The molecule has 0 aliphatic heterocycles. The van der Waals surface area contributed by atoms with Crippen LogP contribution in [0.1, 0.15) is 11.3 Å². The average Bonchev–Trinajstić information content (AvgIpc) is 2.63. The van der Waals surface area contributed by atoms with Gasteiger partial charge in [-0.3, -0.25) is 4.40 Å². The van der Waals surface area contributed by atoms with Crippen LogP contribution in [0, 0.1) is 22.7 Å².